The van der Waals surface area contributed by atoms with E-state index in [1.165, 1.54) is 25.0 Å². The number of amides is 1. The Morgan fingerprint density at radius 3 is 2.21 bits per heavy atom. The Kier molecular flexibility index (Phi) is 6.72. The van der Waals surface area contributed by atoms with Gasteiger partial charge in [0.05, 0.1) is 11.7 Å². The Labute approximate surface area is 190 Å². The summed E-state index contributed by atoms with van der Waals surface area (Å²) in [5.74, 6) is -0.727. The van der Waals surface area contributed by atoms with E-state index in [0.29, 0.717) is 17.7 Å². The van der Waals surface area contributed by atoms with Crippen LogP contribution in [0.15, 0.2) is 54.6 Å². The zero-order chi connectivity index (χ0) is 23.4. The quantitative estimate of drug-likeness (QED) is 0.459. The first-order chi connectivity index (χ1) is 15.8. The van der Waals surface area contributed by atoms with Crippen molar-refractivity contribution in [2.75, 3.05) is 0 Å². The van der Waals surface area contributed by atoms with Gasteiger partial charge < -0.3 is 10.5 Å². The SMILES string of the molecule is NC(=O)c1ccc(Cc2cc(-c3ccc(OC(F)(F)F)cc3)nn2C2CCCCCC2)cc1. The molecule has 2 N–H and O–H groups in total. The van der Waals surface area contributed by atoms with Crippen LogP contribution in [0.2, 0.25) is 0 Å². The summed E-state index contributed by atoms with van der Waals surface area (Å²) < 4.78 is 43.5. The summed E-state index contributed by atoms with van der Waals surface area (Å²) in [5, 5.41) is 4.87. The minimum atomic E-state index is -4.72. The van der Waals surface area contributed by atoms with Gasteiger partial charge in [-0.25, -0.2) is 0 Å². The van der Waals surface area contributed by atoms with Crippen molar-refractivity contribution in [3.63, 3.8) is 0 Å². The Bertz CT molecular complexity index is 1080. The summed E-state index contributed by atoms with van der Waals surface area (Å²) in [6.07, 6.45) is 2.73. The van der Waals surface area contributed by atoms with Crippen LogP contribution in [0, 0.1) is 0 Å². The predicted octanol–water partition coefficient (Wildman–Crippen LogP) is 6.03. The highest BCUT2D eigenvalue weighted by molar-refractivity contribution is 5.92. The summed E-state index contributed by atoms with van der Waals surface area (Å²) in [6, 6.07) is 15.3. The van der Waals surface area contributed by atoms with E-state index in [4.69, 9.17) is 10.8 Å². The van der Waals surface area contributed by atoms with Gasteiger partial charge in [-0.15, -0.1) is 13.2 Å². The minimum absolute atomic E-state index is 0.260. The topological polar surface area (TPSA) is 70.1 Å². The van der Waals surface area contributed by atoms with Crippen LogP contribution in [-0.2, 0) is 6.42 Å². The highest BCUT2D eigenvalue weighted by Gasteiger charge is 2.31. The number of hydrogen-bond acceptors (Lipinski definition) is 3. The maximum absolute atomic E-state index is 12.5. The van der Waals surface area contributed by atoms with Crippen molar-refractivity contribution in [1.82, 2.24) is 9.78 Å². The lowest BCUT2D eigenvalue weighted by Crippen LogP contribution is -2.16. The summed E-state index contributed by atoms with van der Waals surface area (Å²) in [5.41, 5.74) is 9.28. The van der Waals surface area contributed by atoms with Crippen molar-refractivity contribution in [3.05, 3.63) is 71.4 Å². The molecule has 0 bridgehead atoms. The number of benzene rings is 2. The summed E-state index contributed by atoms with van der Waals surface area (Å²) in [6.45, 7) is 0. The first-order valence-corrected chi connectivity index (χ1v) is 11.1. The number of nitrogens with two attached hydrogens (primary N) is 1. The monoisotopic (exact) mass is 457 g/mol. The van der Waals surface area contributed by atoms with E-state index in [-0.39, 0.29) is 11.8 Å². The highest BCUT2D eigenvalue weighted by atomic mass is 19.4. The first-order valence-electron chi connectivity index (χ1n) is 11.1. The second kappa shape index (κ2) is 9.68. The lowest BCUT2D eigenvalue weighted by atomic mass is 10.0. The zero-order valence-corrected chi connectivity index (χ0v) is 18.1. The fourth-order valence-electron chi connectivity index (χ4n) is 4.35. The van der Waals surface area contributed by atoms with E-state index in [1.807, 2.05) is 18.2 Å². The Hall–Kier alpha value is -3.29. The normalized spacial score (nSPS) is 15.2. The van der Waals surface area contributed by atoms with Gasteiger partial charge in [-0.3, -0.25) is 9.48 Å². The summed E-state index contributed by atoms with van der Waals surface area (Å²) in [7, 11) is 0. The Morgan fingerprint density at radius 2 is 1.64 bits per heavy atom. The number of nitrogens with zero attached hydrogens (tertiary/aromatic N) is 2. The van der Waals surface area contributed by atoms with Gasteiger partial charge in [0.2, 0.25) is 5.91 Å². The minimum Gasteiger partial charge on any atom is -0.406 e. The molecule has 1 saturated carbocycles. The van der Waals surface area contributed by atoms with E-state index >= 15 is 0 Å². The Balaban J connectivity index is 1.63. The molecule has 0 unspecified atom stereocenters. The number of halogens is 3. The number of ether oxygens (including phenoxy) is 1. The van der Waals surface area contributed by atoms with Crippen molar-refractivity contribution in [1.29, 1.82) is 0 Å². The average Bonchev–Trinajstić information content (AvgIpc) is 2.99. The molecule has 1 aliphatic carbocycles. The molecular weight excluding hydrogens is 431 g/mol. The van der Waals surface area contributed by atoms with Gasteiger partial charge in [0.25, 0.3) is 0 Å². The number of carbonyl (C=O) groups excluding carboxylic acids is 1. The third kappa shape index (κ3) is 5.94. The standard InChI is InChI=1S/C25H26F3N3O2/c26-25(27,28)33-22-13-11-18(12-14-22)23-16-21(15-17-7-9-19(10-8-17)24(29)32)31(30-23)20-5-3-1-2-4-6-20/h7-14,16,20H,1-6,15H2,(H2,29,32). The second-order valence-electron chi connectivity index (χ2n) is 8.42. The zero-order valence-electron chi connectivity index (χ0n) is 18.1. The highest BCUT2D eigenvalue weighted by Crippen LogP contribution is 2.32. The van der Waals surface area contributed by atoms with Gasteiger partial charge in [0.1, 0.15) is 5.75 Å². The largest absolute Gasteiger partial charge is 0.573 e. The number of carbonyl (C=O) groups is 1. The van der Waals surface area contributed by atoms with Crippen LogP contribution >= 0.6 is 0 Å². The van der Waals surface area contributed by atoms with Crippen molar-refractivity contribution in [3.8, 4) is 17.0 Å². The molecule has 4 rings (SSSR count). The van der Waals surface area contributed by atoms with Crippen LogP contribution in [0.5, 0.6) is 5.75 Å². The molecule has 8 heteroatoms. The summed E-state index contributed by atoms with van der Waals surface area (Å²) >= 11 is 0. The molecule has 0 aliphatic heterocycles. The van der Waals surface area contributed by atoms with Gasteiger partial charge >= 0.3 is 6.36 Å². The molecule has 3 aromatic rings. The van der Waals surface area contributed by atoms with E-state index in [2.05, 4.69) is 9.42 Å². The van der Waals surface area contributed by atoms with Crippen LogP contribution in [0.3, 0.4) is 0 Å². The molecule has 1 amide bonds. The maximum Gasteiger partial charge on any atom is 0.573 e. The number of rotatable bonds is 6. The molecule has 174 valence electrons. The van der Waals surface area contributed by atoms with E-state index < -0.39 is 12.3 Å². The smallest absolute Gasteiger partial charge is 0.406 e. The van der Waals surface area contributed by atoms with Gasteiger partial charge in [0.15, 0.2) is 0 Å². The van der Waals surface area contributed by atoms with Crippen molar-refractivity contribution in [2.45, 2.75) is 57.3 Å². The predicted molar refractivity (Wildman–Crippen MR) is 119 cm³/mol. The number of hydrogen-bond donors (Lipinski definition) is 1. The average molecular weight is 457 g/mol. The number of primary amides is 1. The molecule has 2 aromatic carbocycles. The molecule has 5 nitrogen and oxygen atoms in total. The van der Waals surface area contributed by atoms with Crippen molar-refractivity contribution >= 4 is 5.91 Å². The van der Waals surface area contributed by atoms with Crippen LogP contribution in [0.4, 0.5) is 13.2 Å². The molecule has 1 aliphatic rings. The van der Waals surface area contributed by atoms with Gasteiger partial charge in [0, 0.05) is 23.2 Å². The van der Waals surface area contributed by atoms with Crippen LogP contribution < -0.4 is 10.5 Å². The third-order valence-electron chi connectivity index (χ3n) is 5.99. The number of alkyl halides is 3. The molecule has 1 fully saturated rings. The van der Waals surface area contributed by atoms with Crippen molar-refractivity contribution in [2.24, 2.45) is 5.73 Å². The molecular formula is C25H26F3N3O2. The lowest BCUT2D eigenvalue weighted by Gasteiger charge is -2.18. The van der Waals surface area contributed by atoms with Crippen LogP contribution in [0.1, 0.15) is 66.2 Å². The molecule has 0 radical (unpaired) electrons. The summed E-state index contributed by atoms with van der Waals surface area (Å²) in [4.78, 5) is 11.4. The third-order valence-corrected chi connectivity index (χ3v) is 5.99. The molecule has 0 spiro atoms. The Morgan fingerprint density at radius 1 is 1.00 bits per heavy atom. The van der Waals surface area contributed by atoms with E-state index in [9.17, 15) is 18.0 Å². The van der Waals surface area contributed by atoms with Crippen LogP contribution in [-0.4, -0.2) is 22.1 Å². The molecule has 1 heterocycles. The van der Waals surface area contributed by atoms with Crippen molar-refractivity contribution < 1.29 is 22.7 Å². The fraction of sp³-hybridized carbons (Fsp3) is 0.360. The fourth-order valence-corrected chi connectivity index (χ4v) is 4.35. The van der Waals surface area contributed by atoms with Crippen LogP contribution in [0.25, 0.3) is 11.3 Å². The molecule has 1 aromatic heterocycles. The van der Waals surface area contributed by atoms with Gasteiger partial charge in [-0.05, 0) is 60.9 Å². The number of aromatic nitrogens is 2. The molecule has 33 heavy (non-hydrogen) atoms. The van der Waals surface area contributed by atoms with E-state index in [1.54, 1.807) is 24.3 Å². The first kappa shape index (κ1) is 22.9. The lowest BCUT2D eigenvalue weighted by molar-refractivity contribution is -0.274. The maximum atomic E-state index is 12.5. The molecule has 0 atom stereocenters. The van der Waals surface area contributed by atoms with E-state index in [0.717, 1.165) is 42.5 Å². The second-order valence-corrected chi connectivity index (χ2v) is 8.42. The molecule has 0 saturated heterocycles. The van der Waals surface area contributed by atoms with Gasteiger partial charge in [-0.1, -0.05) is 37.8 Å². The van der Waals surface area contributed by atoms with Gasteiger partial charge in [-0.2, -0.15) is 5.10 Å².